The van der Waals surface area contributed by atoms with Crippen LogP contribution < -0.4 is 0 Å². The van der Waals surface area contributed by atoms with Gasteiger partial charge in [-0.3, -0.25) is 4.90 Å². The van der Waals surface area contributed by atoms with Gasteiger partial charge in [0.15, 0.2) is 0 Å². The molecule has 3 unspecified atom stereocenters. The zero-order chi connectivity index (χ0) is 22.9. The zero-order valence-electron chi connectivity index (χ0n) is 20.1. The number of benzene rings is 3. The Hall–Kier alpha value is -2.42. The van der Waals surface area contributed by atoms with Gasteiger partial charge in [-0.15, -0.1) is 0 Å². The number of hydrogen-bond donors (Lipinski definition) is 1. The number of piperidine rings is 1. The van der Waals surface area contributed by atoms with Crippen molar-refractivity contribution in [1.82, 2.24) is 4.90 Å². The molecule has 0 saturated carbocycles. The molecule has 1 N–H and O–H groups in total. The molecule has 3 aromatic rings. The van der Waals surface area contributed by atoms with Crippen molar-refractivity contribution in [3.05, 3.63) is 108 Å². The molecule has 3 atom stereocenters. The molecule has 0 spiro atoms. The lowest BCUT2D eigenvalue weighted by atomic mass is 9.71. The molecule has 4 rings (SSSR count). The van der Waals surface area contributed by atoms with E-state index in [0.717, 1.165) is 45.2 Å². The number of nitrogens with zero attached hydrogens (tertiary/aromatic N) is 1. The monoisotopic (exact) mass is 441 g/mol. The van der Waals surface area contributed by atoms with E-state index in [1.54, 1.807) is 0 Å². The van der Waals surface area contributed by atoms with Crippen molar-refractivity contribution in [3.8, 4) is 0 Å². The fraction of sp³-hybridized carbons (Fsp3) is 0.419. The SMILES string of the molecule is CCCCC1CN(CCc2ccccc2)C(Cc2ccccc2)CC1(O)Cc1ccccc1. The molecular weight excluding hydrogens is 402 g/mol. The predicted molar refractivity (Wildman–Crippen MR) is 138 cm³/mol. The fourth-order valence-electron chi connectivity index (χ4n) is 5.56. The molecule has 0 aliphatic carbocycles. The molecule has 0 amide bonds. The maximum Gasteiger partial charge on any atom is 0.0743 e. The van der Waals surface area contributed by atoms with Crippen molar-refractivity contribution in [3.63, 3.8) is 0 Å². The van der Waals surface area contributed by atoms with E-state index < -0.39 is 5.60 Å². The molecule has 174 valence electrons. The van der Waals surface area contributed by atoms with Gasteiger partial charge in [0, 0.05) is 31.5 Å². The highest BCUT2D eigenvalue weighted by Gasteiger charge is 2.45. The van der Waals surface area contributed by atoms with E-state index >= 15 is 0 Å². The minimum Gasteiger partial charge on any atom is -0.389 e. The summed E-state index contributed by atoms with van der Waals surface area (Å²) in [5.74, 6) is 0.306. The number of likely N-dealkylation sites (tertiary alicyclic amines) is 1. The van der Waals surface area contributed by atoms with Gasteiger partial charge in [0.1, 0.15) is 0 Å². The van der Waals surface area contributed by atoms with E-state index in [2.05, 4.69) is 103 Å². The minimum atomic E-state index is -0.654. The first kappa shape index (κ1) is 23.7. The van der Waals surface area contributed by atoms with E-state index in [4.69, 9.17) is 0 Å². The smallest absolute Gasteiger partial charge is 0.0743 e. The lowest BCUT2D eigenvalue weighted by molar-refractivity contribution is -0.0965. The van der Waals surface area contributed by atoms with Crippen LogP contribution >= 0.6 is 0 Å². The first-order valence-corrected chi connectivity index (χ1v) is 12.7. The van der Waals surface area contributed by atoms with Crippen molar-refractivity contribution in [2.24, 2.45) is 5.92 Å². The third-order valence-electron chi connectivity index (χ3n) is 7.42. The molecule has 0 aromatic heterocycles. The van der Waals surface area contributed by atoms with Crippen molar-refractivity contribution in [1.29, 1.82) is 0 Å². The number of aliphatic hydroxyl groups is 1. The van der Waals surface area contributed by atoms with E-state index in [1.807, 2.05) is 0 Å². The fourth-order valence-corrected chi connectivity index (χ4v) is 5.56. The van der Waals surface area contributed by atoms with Crippen LogP contribution in [0.3, 0.4) is 0 Å². The van der Waals surface area contributed by atoms with Gasteiger partial charge >= 0.3 is 0 Å². The summed E-state index contributed by atoms with van der Waals surface area (Å²) < 4.78 is 0. The third-order valence-corrected chi connectivity index (χ3v) is 7.42. The molecule has 1 fully saturated rings. The summed E-state index contributed by atoms with van der Waals surface area (Å²) in [6, 6.07) is 32.6. The molecule has 2 nitrogen and oxygen atoms in total. The van der Waals surface area contributed by atoms with Gasteiger partial charge in [-0.1, -0.05) is 111 Å². The van der Waals surface area contributed by atoms with Gasteiger partial charge in [-0.05, 0) is 42.4 Å². The van der Waals surface area contributed by atoms with E-state index in [9.17, 15) is 5.11 Å². The second kappa shape index (κ2) is 11.6. The van der Waals surface area contributed by atoms with Gasteiger partial charge < -0.3 is 5.11 Å². The Bertz CT molecular complexity index is 942. The van der Waals surface area contributed by atoms with Crippen LogP contribution in [0.1, 0.15) is 49.3 Å². The van der Waals surface area contributed by atoms with Crippen LogP contribution in [0.2, 0.25) is 0 Å². The summed E-state index contributed by atoms with van der Waals surface area (Å²) in [6.07, 6.45) is 7.09. The molecule has 0 radical (unpaired) electrons. The van der Waals surface area contributed by atoms with Crippen molar-refractivity contribution in [2.75, 3.05) is 13.1 Å². The highest BCUT2D eigenvalue weighted by atomic mass is 16.3. The van der Waals surface area contributed by atoms with Gasteiger partial charge in [0.25, 0.3) is 0 Å². The highest BCUT2D eigenvalue weighted by Crippen LogP contribution is 2.38. The summed E-state index contributed by atoms with van der Waals surface area (Å²) >= 11 is 0. The first-order chi connectivity index (χ1) is 16.2. The Morgan fingerprint density at radius 3 is 2.00 bits per heavy atom. The highest BCUT2D eigenvalue weighted by molar-refractivity contribution is 5.21. The molecule has 1 saturated heterocycles. The van der Waals surface area contributed by atoms with Gasteiger partial charge in [-0.25, -0.2) is 0 Å². The molecular formula is C31H39NO. The normalized spacial score (nSPS) is 23.5. The van der Waals surface area contributed by atoms with E-state index in [1.165, 1.54) is 29.5 Å². The summed E-state index contributed by atoms with van der Waals surface area (Å²) in [4.78, 5) is 2.68. The van der Waals surface area contributed by atoms with Crippen LogP contribution in [0.4, 0.5) is 0 Å². The summed E-state index contributed by atoms with van der Waals surface area (Å²) in [5, 5.41) is 12.1. The molecule has 0 bridgehead atoms. The van der Waals surface area contributed by atoms with Crippen LogP contribution in [-0.4, -0.2) is 34.7 Å². The summed E-state index contributed by atoms with van der Waals surface area (Å²) in [5.41, 5.74) is 3.35. The number of hydrogen-bond acceptors (Lipinski definition) is 2. The van der Waals surface area contributed by atoms with Crippen LogP contribution in [0, 0.1) is 5.92 Å². The van der Waals surface area contributed by atoms with E-state index in [0.29, 0.717) is 12.0 Å². The number of unbranched alkanes of at least 4 members (excludes halogenated alkanes) is 1. The maximum atomic E-state index is 12.1. The lowest BCUT2D eigenvalue weighted by Gasteiger charge is -2.50. The van der Waals surface area contributed by atoms with Crippen LogP contribution in [-0.2, 0) is 19.3 Å². The summed E-state index contributed by atoms with van der Waals surface area (Å²) in [6.45, 7) is 4.28. The maximum absolute atomic E-state index is 12.1. The average molecular weight is 442 g/mol. The molecule has 3 aromatic carbocycles. The van der Waals surface area contributed by atoms with Crippen LogP contribution in [0.5, 0.6) is 0 Å². The second-order valence-electron chi connectivity index (χ2n) is 9.88. The first-order valence-electron chi connectivity index (χ1n) is 12.7. The molecule has 1 aliphatic heterocycles. The standard InChI is InChI=1S/C31H39NO/c1-2-3-19-29-25-32(21-20-26-13-7-4-8-14-26)30(22-27-15-9-5-10-16-27)24-31(29,33)23-28-17-11-6-12-18-28/h4-18,29-30,33H,2-3,19-25H2,1H3. The lowest BCUT2D eigenvalue weighted by Crippen LogP contribution is -2.58. The quantitative estimate of drug-likeness (QED) is 0.398. The topological polar surface area (TPSA) is 23.5 Å². The molecule has 2 heteroatoms. The minimum absolute atomic E-state index is 0.306. The number of rotatable bonds is 10. The third kappa shape index (κ3) is 6.56. The molecule has 33 heavy (non-hydrogen) atoms. The second-order valence-corrected chi connectivity index (χ2v) is 9.88. The van der Waals surface area contributed by atoms with Gasteiger partial charge in [0.2, 0.25) is 0 Å². The van der Waals surface area contributed by atoms with Crippen LogP contribution in [0.15, 0.2) is 91.0 Å². The summed E-state index contributed by atoms with van der Waals surface area (Å²) in [7, 11) is 0. The predicted octanol–water partition coefficient (Wildman–Crippen LogP) is 6.33. The average Bonchev–Trinajstić information content (AvgIpc) is 2.84. The Balaban J connectivity index is 1.57. The van der Waals surface area contributed by atoms with Crippen molar-refractivity contribution < 1.29 is 5.11 Å². The van der Waals surface area contributed by atoms with Crippen molar-refractivity contribution >= 4 is 0 Å². The van der Waals surface area contributed by atoms with Gasteiger partial charge in [-0.2, -0.15) is 0 Å². The Morgan fingerprint density at radius 1 is 0.818 bits per heavy atom. The Morgan fingerprint density at radius 2 is 1.39 bits per heavy atom. The molecule has 1 heterocycles. The zero-order valence-corrected chi connectivity index (χ0v) is 20.1. The Labute approximate surface area is 200 Å². The Kier molecular flexibility index (Phi) is 8.36. The van der Waals surface area contributed by atoms with E-state index in [-0.39, 0.29) is 0 Å². The molecule has 1 aliphatic rings. The van der Waals surface area contributed by atoms with Crippen LogP contribution in [0.25, 0.3) is 0 Å². The van der Waals surface area contributed by atoms with Gasteiger partial charge in [0.05, 0.1) is 5.60 Å². The largest absolute Gasteiger partial charge is 0.389 e. The van der Waals surface area contributed by atoms with Crippen molar-refractivity contribution in [2.45, 2.75) is 63.5 Å².